The Morgan fingerprint density at radius 1 is 1.10 bits per heavy atom. The smallest absolute Gasteiger partial charge is 0.341 e. The molecule has 2 heterocycles. The van der Waals surface area contributed by atoms with Gasteiger partial charge in [0, 0.05) is 5.39 Å². The zero-order valence-electron chi connectivity index (χ0n) is 11.2. The number of anilines is 1. The van der Waals surface area contributed by atoms with E-state index in [2.05, 4.69) is 15.0 Å². The summed E-state index contributed by atoms with van der Waals surface area (Å²) in [5.41, 5.74) is 7.34. The number of hydrogen-bond donors (Lipinski definition) is 2. The van der Waals surface area contributed by atoms with Crippen LogP contribution in [0.4, 0.5) is 5.82 Å². The predicted octanol–water partition coefficient (Wildman–Crippen LogP) is 2.28. The number of carboxylic acid groups (broad SMARTS) is 1. The van der Waals surface area contributed by atoms with E-state index in [1.807, 2.05) is 30.3 Å². The number of para-hydroxylation sites is 1. The van der Waals surface area contributed by atoms with Crippen LogP contribution >= 0.6 is 0 Å². The van der Waals surface area contributed by atoms with Gasteiger partial charge in [0.2, 0.25) is 0 Å². The summed E-state index contributed by atoms with van der Waals surface area (Å²) in [7, 11) is 0. The van der Waals surface area contributed by atoms with Crippen molar-refractivity contribution in [2.45, 2.75) is 6.92 Å². The number of rotatable bonds is 2. The number of nitrogens with zero attached hydrogens (tertiary/aromatic N) is 3. The molecule has 0 aliphatic rings. The Balaban J connectivity index is 2.16. The van der Waals surface area contributed by atoms with Crippen molar-refractivity contribution in [3.63, 3.8) is 0 Å². The van der Waals surface area contributed by atoms with Gasteiger partial charge >= 0.3 is 5.97 Å². The highest BCUT2D eigenvalue weighted by Gasteiger charge is 2.17. The second-order valence-electron chi connectivity index (χ2n) is 4.59. The van der Waals surface area contributed by atoms with Gasteiger partial charge in [-0.25, -0.2) is 19.7 Å². The van der Waals surface area contributed by atoms with E-state index in [1.54, 1.807) is 13.0 Å². The summed E-state index contributed by atoms with van der Waals surface area (Å²) in [6.45, 7) is 1.59. The molecule has 0 fully saturated rings. The number of aryl methyl sites for hydroxylation is 1. The maximum absolute atomic E-state index is 11.1. The Kier molecular flexibility index (Phi) is 2.98. The van der Waals surface area contributed by atoms with Gasteiger partial charge in [0.25, 0.3) is 0 Å². The van der Waals surface area contributed by atoms with E-state index in [-0.39, 0.29) is 11.4 Å². The van der Waals surface area contributed by atoms with Crippen LogP contribution in [0.5, 0.6) is 0 Å². The van der Waals surface area contributed by atoms with Gasteiger partial charge in [0.15, 0.2) is 5.82 Å². The summed E-state index contributed by atoms with van der Waals surface area (Å²) in [6.07, 6.45) is 0. The normalized spacial score (nSPS) is 10.7. The quantitative estimate of drug-likeness (QED) is 0.746. The summed E-state index contributed by atoms with van der Waals surface area (Å²) in [5, 5.41) is 10.1. The van der Waals surface area contributed by atoms with Crippen molar-refractivity contribution >= 4 is 22.7 Å². The van der Waals surface area contributed by atoms with Crippen molar-refractivity contribution < 1.29 is 9.90 Å². The second kappa shape index (κ2) is 4.82. The van der Waals surface area contributed by atoms with Gasteiger partial charge in [-0.1, -0.05) is 24.3 Å². The molecule has 0 atom stereocenters. The van der Waals surface area contributed by atoms with Crippen molar-refractivity contribution in [1.29, 1.82) is 0 Å². The fraction of sp³-hybridized carbons (Fsp3) is 0.0667. The Morgan fingerprint density at radius 2 is 1.86 bits per heavy atom. The van der Waals surface area contributed by atoms with E-state index in [0.29, 0.717) is 17.2 Å². The average molecular weight is 280 g/mol. The first kappa shape index (κ1) is 13.0. The summed E-state index contributed by atoms with van der Waals surface area (Å²) in [4.78, 5) is 23.8. The lowest BCUT2D eigenvalue weighted by Gasteiger charge is -2.07. The molecule has 2 aromatic heterocycles. The number of carboxylic acids is 1. The first-order valence-corrected chi connectivity index (χ1v) is 6.30. The van der Waals surface area contributed by atoms with Crippen LogP contribution in [0.25, 0.3) is 22.4 Å². The fourth-order valence-corrected chi connectivity index (χ4v) is 2.16. The fourth-order valence-electron chi connectivity index (χ4n) is 2.16. The first-order valence-electron chi connectivity index (χ1n) is 6.30. The number of carbonyl (C=O) groups is 1. The summed E-state index contributed by atoms with van der Waals surface area (Å²) in [6, 6.07) is 11.4. The Morgan fingerprint density at radius 3 is 2.57 bits per heavy atom. The van der Waals surface area contributed by atoms with Crippen molar-refractivity contribution in [2.75, 3.05) is 5.73 Å². The molecular formula is C15H12N4O2. The van der Waals surface area contributed by atoms with Crippen molar-refractivity contribution in [3.05, 3.63) is 47.7 Å². The van der Waals surface area contributed by atoms with Gasteiger partial charge in [-0.15, -0.1) is 0 Å². The number of nitrogens with two attached hydrogens (primary N) is 1. The number of aromatic carboxylic acids is 1. The van der Waals surface area contributed by atoms with Gasteiger partial charge in [0.1, 0.15) is 17.1 Å². The number of fused-ring (bicyclic) bond motifs is 1. The van der Waals surface area contributed by atoms with Crippen molar-refractivity contribution in [1.82, 2.24) is 15.0 Å². The van der Waals surface area contributed by atoms with Gasteiger partial charge < -0.3 is 10.8 Å². The standard InChI is InChI=1S/C15H12N4O2/c1-8-12(15(20)21)13(16)19-14(17-8)11-7-6-9-4-2-3-5-10(9)18-11/h2-7H,1H3,(H,20,21)(H2,16,17,19). The molecule has 1 aromatic carbocycles. The number of pyridine rings is 1. The lowest BCUT2D eigenvalue weighted by molar-refractivity contribution is 0.0696. The number of hydrogen-bond acceptors (Lipinski definition) is 5. The van der Waals surface area contributed by atoms with Gasteiger partial charge in [-0.3, -0.25) is 0 Å². The molecule has 3 rings (SSSR count). The molecule has 0 radical (unpaired) electrons. The minimum Gasteiger partial charge on any atom is -0.477 e. The average Bonchev–Trinajstić information content (AvgIpc) is 2.45. The van der Waals surface area contributed by atoms with Gasteiger partial charge in [0.05, 0.1) is 11.2 Å². The van der Waals surface area contributed by atoms with E-state index >= 15 is 0 Å². The molecule has 0 saturated heterocycles. The third-order valence-corrected chi connectivity index (χ3v) is 3.16. The van der Waals surface area contributed by atoms with Crippen LogP contribution < -0.4 is 5.73 Å². The van der Waals surface area contributed by atoms with E-state index in [1.165, 1.54) is 0 Å². The van der Waals surface area contributed by atoms with Gasteiger partial charge in [-0.2, -0.15) is 0 Å². The van der Waals surface area contributed by atoms with E-state index < -0.39 is 5.97 Å². The molecule has 0 aliphatic carbocycles. The van der Waals surface area contributed by atoms with Crippen LogP contribution in [0, 0.1) is 6.92 Å². The summed E-state index contributed by atoms with van der Waals surface area (Å²) in [5.74, 6) is -0.872. The summed E-state index contributed by atoms with van der Waals surface area (Å²) < 4.78 is 0. The number of aromatic nitrogens is 3. The largest absolute Gasteiger partial charge is 0.477 e. The molecule has 21 heavy (non-hydrogen) atoms. The van der Waals surface area contributed by atoms with Crippen LogP contribution in [0.2, 0.25) is 0 Å². The molecular weight excluding hydrogens is 268 g/mol. The van der Waals surface area contributed by atoms with Crippen LogP contribution in [0.15, 0.2) is 36.4 Å². The highest BCUT2D eigenvalue weighted by molar-refractivity contribution is 5.94. The molecule has 0 amide bonds. The highest BCUT2D eigenvalue weighted by atomic mass is 16.4. The molecule has 104 valence electrons. The third-order valence-electron chi connectivity index (χ3n) is 3.16. The molecule has 0 unspecified atom stereocenters. The predicted molar refractivity (Wildman–Crippen MR) is 78.9 cm³/mol. The SMILES string of the molecule is Cc1nc(-c2ccc3ccccc3n2)nc(N)c1C(=O)O. The molecule has 0 saturated carbocycles. The van der Waals surface area contributed by atoms with Gasteiger partial charge in [-0.05, 0) is 19.1 Å². The summed E-state index contributed by atoms with van der Waals surface area (Å²) >= 11 is 0. The molecule has 0 spiro atoms. The maximum Gasteiger partial charge on any atom is 0.341 e. The molecule has 6 nitrogen and oxygen atoms in total. The number of benzene rings is 1. The highest BCUT2D eigenvalue weighted by Crippen LogP contribution is 2.21. The molecule has 3 N–H and O–H groups in total. The Hall–Kier alpha value is -3.02. The van der Waals surface area contributed by atoms with Crippen LogP contribution in [-0.4, -0.2) is 26.0 Å². The maximum atomic E-state index is 11.1. The molecule has 3 aromatic rings. The van der Waals surface area contributed by atoms with E-state index in [4.69, 9.17) is 10.8 Å². The Bertz CT molecular complexity index is 838. The first-order chi connectivity index (χ1) is 10.1. The molecule has 0 aliphatic heterocycles. The third kappa shape index (κ3) is 2.27. The van der Waals surface area contributed by atoms with Crippen molar-refractivity contribution in [2.24, 2.45) is 0 Å². The minimum atomic E-state index is -1.14. The van der Waals surface area contributed by atoms with E-state index in [9.17, 15) is 4.79 Å². The van der Waals surface area contributed by atoms with Crippen LogP contribution in [0.3, 0.4) is 0 Å². The molecule has 6 heteroatoms. The lowest BCUT2D eigenvalue weighted by Crippen LogP contribution is -2.10. The lowest BCUT2D eigenvalue weighted by atomic mass is 10.2. The van der Waals surface area contributed by atoms with E-state index in [0.717, 1.165) is 10.9 Å². The number of nitrogen functional groups attached to an aromatic ring is 1. The monoisotopic (exact) mass is 280 g/mol. The zero-order chi connectivity index (χ0) is 15.0. The topological polar surface area (TPSA) is 102 Å². The second-order valence-corrected chi connectivity index (χ2v) is 4.59. The minimum absolute atomic E-state index is 0.0556. The van der Waals surface area contributed by atoms with Crippen LogP contribution in [-0.2, 0) is 0 Å². The Labute approximate surface area is 120 Å². The van der Waals surface area contributed by atoms with Crippen LogP contribution in [0.1, 0.15) is 16.1 Å². The molecule has 0 bridgehead atoms. The zero-order valence-corrected chi connectivity index (χ0v) is 11.2. The van der Waals surface area contributed by atoms with Crippen molar-refractivity contribution in [3.8, 4) is 11.5 Å².